The van der Waals surface area contributed by atoms with Crippen molar-refractivity contribution in [2.24, 2.45) is 5.73 Å². The van der Waals surface area contributed by atoms with Gasteiger partial charge in [0.15, 0.2) is 12.4 Å². The minimum absolute atomic E-state index is 0.0813. The van der Waals surface area contributed by atoms with Gasteiger partial charge in [-0.15, -0.1) is 0 Å². The minimum atomic E-state index is -0.536. The molecule has 0 saturated carbocycles. The summed E-state index contributed by atoms with van der Waals surface area (Å²) in [6, 6.07) is 9.31. The molecule has 0 bridgehead atoms. The largest absolute Gasteiger partial charge is 0.484 e. The molecule has 0 radical (unpaired) electrons. The molecule has 0 atom stereocenters. The van der Waals surface area contributed by atoms with Crippen molar-refractivity contribution >= 4 is 17.8 Å². The van der Waals surface area contributed by atoms with Gasteiger partial charge in [0, 0.05) is 5.56 Å². The maximum atomic E-state index is 12.4. The van der Waals surface area contributed by atoms with E-state index in [0.29, 0.717) is 11.3 Å². The zero-order valence-corrected chi connectivity index (χ0v) is 15.1. The molecule has 2 rings (SSSR count). The van der Waals surface area contributed by atoms with Crippen LogP contribution in [0.15, 0.2) is 36.4 Å². The number of primary amides is 1. The van der Waals surface area contributed by atoms with E-state index >= 15 is 0 Å². The normalized spacial score (nSPS) is 10.9. The molecule has 130 valence electrons. The maximum Gasteiger partial charge on any atom is 0.255 e. The molecule has 2 aromatic rings. The Morgan fingerprint density at radius 1 is 0.960 bits per heavy atom. The molecule has 1 amide bonds. The minimum Gasteiger partial charge on any atom is -0.484 e. The number of ketones is 1. The van der Waals surface area contributed by atoms with Crippen LogP contribution in [0.5, 0.6) is 5.75 Å². The second-order valence-corrected chi connectivity index (χ2v) is 6.23. The van der Waals surface area contributed by atoms with Crippen LogP contribution in [0.1, 0.15) is 38.2 Å². The SMILES string of the molecule is Cc1cc(C)c(/C=C/C(=O)c2ccc(OCC(N)=O)c(C)c2)cc1C. The smallest absolute Gasteiger partial charge is 0.255 e. The predicted octanol–water partition coefficient (Wildman–Crippen LogP) is 3.68. The molecule has 2 N–H and O–H groups in total. The first-order valence-electron chi connectivity index (χ1n) is 8.10. The third-order valence-corrected chi connectivity index (χ3v) is 4.13. The summed E-state index contributed by atoms with van der Waals surface area (Å²) in [5.74, 6) is -0.0715. The van der Waals surface area contributed by atoms with Crippen molar-refractivity contribution in [1.82, 2.24) is 0 Å². The van der Waals surface area contributed by atoms with Gasteiger partial charge < -0.3 is 10.5 Å². The van der Waals surface area contributed by atoms with E-state index in [4.69, 9.17) is 10.5 Å². The third kappa shape index (κ3) is 4.80. The van der Waals surface area contributed by atoms with E-state index < -0.39 is 5.91 Å². The summed E-state index contributed by atoms with van der Waals surface area (Å²) in [6.45, 7) is 7.81. The van der Waals surface area contributed by atoms with Gasteiger partial charge in [0.2, 0.25) is 0 Å². The van der Waals surface area contributed by atoms with Gasteiger partial charge in [-0.05, 0) is 79.8 Å². The highest BCUT2D eigenvalue weighted by Crippen LogP contribution is 2.21. The second-order valence-electron chi connectivity index (χ2n) is 6.23. The second kappa shape index (κ2) is 7.79. The van der Waals surface area contributed by atoms with Gasteiger partial charge in [0.05, 0.1) is 0 Å². The fourth-order valence-electron chi connectivity index (χ4n) is 2.54. The number of hydrogen-bond acceptors (Lipinski definition) is 3. The van der Waals surface area contributed by atoms with Crippen LogP contribution in [0.25, 0.3) is 6.08 Å². The lowest BCUT2D eigenvalue weighted by Crippen LogP contribution is -2.20. The summed E-state index contributed by atoms with van der Waals surface area (Å²) in [7, 11) is 0. The van der Waals surface area contributed by atoms with Gasteiger partial charge >= 0.3 is 0 Å². The van der Waals surface area contributed by atoms with E-state index in [1.54, 1.807) is 24.3 Å². The van der Waals surface area contributed by atoms with E-state index in [9.17, 15) is 9.59 Å². The van der Waals surface area contributed by atoms with Gasteiger partial charge in [-0.3, -0.25) is 9.59 Å². The lowest BCUT2D eigenvalue weighted by Gasteiger charge is -2.08. The van der Waals surface area contributed by atoms with Crippen LogP contribution in [0, 0.1) is 27.7 Å². The molecular formula is C21H23NO3. The van der Waals surface area contributed by atoms with Crippen LogP contribution in [0.2, 0.25) is 0 Å². The van der Waals surface area contributed by atoms with E-state index in [1.165, 1.54) is 11.1 Å². The molecule has 0 saturated heterocycles. The Balaban J connectivity index is 2.17. The molecule has 0 spiro atoms. The summed E-state index contributed by atoms with van der Waals surface area (Å²) in [4.78, 5) is 23.2. The van der Waals surface area contributed by atoms with Crippen LogP contribution in [-0.2, 0) is 4.79 Å². The first kappa shape index (κ1) is 18.5. The van der Waals surface area contributed by atoms with Crippen molar-refractivity contribution in [2.45, 2.75) is 27.7 Å². The van der Waals surface area contributed by atoms with E-state index in [1.807, 2.05) is 19.9 Å². The fraction of sp³-hybridized carbons (Fsp3) is 0.238. The van der Waals surface area contributed by atoms with Crippen molar-refractivity contribution in [3.05, 3.63) is 69.8 Å². The van der Waals surface area contributed by atoms with E-state index in [2.05, 4.69) is 26.0 Å². The van der Waals surface area contributed by atoms with Crippen LogP contribution < -0.4 is 10.5 Å². The van der Waals surface area contributed by atoms with Crippen molar-refractivity contribution in [2.75, 3.05) is 6.61 Å². The van der Waals surface area contributed by atoms with Gasteiger partial charge in [-0.2, -0.15) is 0 Å². The molecule has 0 fully saturated rings. The average Bonchev–Trinajstić information content (AvgIpc) is 2.55. The van der Waals surface area contributed by atoms with Gasteiger partial charge in [-0.25, -0.2) is 0 Å². The number of carbonyl (C=O) groups is 2. The van der Waals surface area contributed by atoms with Gasteiger partial charge in [0.25, 0.3) is 5.91 Å². The number of aryl methyl sites for hydroxylation is 4. The van der Waals surface area contributed by atoms with Crippen molar-refractivity contribution in [1.29, 1.82) is 0 Å². The molecular weight excluding hydrogens is 314 g/mol. The van der Waals surface area contributed by atoms with E-state index in [0.717, 1.165) is 16.7 Å². The van der Waals surface area contributed by atoms with Crippen LogP contribution in [-0.4, -0.2) is 18.3 Å². The summed E-state index contributed by atoms with van der Waals surface area (Å²) in [6.07, 6.45) is 3.42. The third-order valence-electron chi connectivity index (χ3n) is 4.13. The molecule has 0 heterocycles. The Morgan fingerprint density at radius 2 is 1.64 bits per heavy atom. The standard InChI is InChI=1S/C21H23NO3/c1-13-9-15(3)17(10-14(13)2)5-7-19(23)18-6-8-20(16(4)11-18)25-12-21(22)24/h5-11H,12H2,1-4H3,(H2,22,24)/b7-5+. The highest BCUT2D eigenvalue weighted by Gasteiger charge is 2.07. The van der Waals surface area contributed by atoms with Crippen molar-refractivity contribution in [3.8, 4) is 5.75 Å². The zero-order chi connectivity index (χ0) is 18.6. The molecule has 2 aromatic carbocycles. The Kier molecular flexibility index (Phi) is 5.75. The summed E-state index contributed by atoms with van der Waals surface area (Å²) in [5, 5.41) is 0. The molecule has 0 aliphatic rings. The first-order valence-corrected chi connectivity index (χ1v) is 8.10. The van der Waals surface area contributed by atoms with Gasteiger partial charge in [0.1, 0.15) is 5.75 Å². The number of carbonyl (C=O) groups excluding carboxylic acids is 2. The van der Waals surface area contributed by atoms with Crippen molar-refractivity contribution < 1.29 is 14.3 Å². The Bertz CT molecular complexity index is 850. The predicted molar refractivity (Wildman–Crippen MR) is 99.9 cm³/mol. The molecule has 25 heavy (non-hydrogen) atoms. The molecule has 0 aromatic heterocycles. The number of ether oxygens (including phenoxy) is 1. The number of amides is 1. The van der Waals surface area contributed by atoms with E-state index in [-0.39, 0.29) is 12.4 Å². The summed E-state index contributed by atoms with van der Waals surface area (Å²) < 4.78 is 5.30. The van der Waals surface area contributed by atoms with Gasteiger partial charge in [-0.1, -0.05) is 18.2 Å². The topological polar surface area (TPSA) is 69.4 Å². The molecule has 4 heteroatoms. The highest BCUT2D eigenvalue weighted by molar-refractivity contribution is 6.07. The molecule has 4 nitrogen and oxygen atoms in total. The Morgan fingerprint density at radius 3 is 2.28 bits per heavy atom. The lowest BCUT2D eigenvalue weighted by molar-refractivity contribution is -0.119. The van der Waals surface area contributed by atoms with Crippen LogP contribution in [0.3, 0.4) is 0 Å². The Hall–Kier alpha value is -2.88. The molecule has 0 aliphatic carbocycles. The summed E-state index contributed by atoms with van der Waals surface area (Å²) in [5.41, 5.74) is 11.0. The van der Waals surface area contributed by atoms with Crippen LogP contribution >= 0.6 is 0 Å². The first-order chi connectivity index (χ1) is 11.8. The molecule has 0 unspecified atom stereocenters. The number of rotatable bonds is 6. The quantitative estimate of drug-likeness (QED) is 0.646. The van der Waals surface area contributed by atoms with Crippen LogP contribution in [0.4, 0.5) is 0 Å². The lowest BCUT2D eigenvalue weighted by atomic mass is 9.99. The fourth-order valence-corrected chi connectivity index (χ4v) is 2.54. The number of allylic oxidation sites excluding steroid dienone is 1. The monoisotopic (exact) mass is 337 g/mol. The maximum absolute atomic E-state index is 12.4. The average molecular weight is 337 g/mol. The number of nitrogens with two attached hydrogens (primary N) is 1. The zero-order valence-electron chi connectivity index (χ0n) is 15.1. The number of hydrogen-bond donors (Lipinski definition) is 1. The van der Waals surface area contributed by atoms with Crippen molar-refractivity contribution in [3.63, 3.8) is 0 Å². The highest BCUT2D eigenvalue weighted by atomic mass is 16.5. The number of benzene rings is 2. The Labute approximate surface area is 148 Å². The summed E-state index contributed by atoms with van der Waals surface area (Å²) >= 11 is 0. The molecule has 0 aliphatic heterocycles.